The van der Waals surface area contributed by atoms with Crippen LogP contribution < -0.4 is 10.0 Å². The Balaban J connectivity index is 1.41. The second-order valence-corrected chi connectivity index (χ2v) is 11.7. The van der Waals surface area contributed by atoms with Crippen LogP contribution in [-0.4, -0.2) is 38.4 Å². The first-order valence-corrected chi connectivity index (χ1v) is 12.4. The molecular weight excluding hydrogens is 426 g/mol. The van der Waals surface area contributed by atoms with E-state index in [1.807, 2.05) is 20.8 Å². The standard InChI is InChI=1S/C20H29N3O5S2/c1-20(2,3)27-19(24)21-12-14-4-6-15(7-5-14)13-23-30(25,26)18-9-8-17(29-18)16-10-11-22-28-16/h8-11,14-15,23H,4-7,12-13H2,1-3H3,(H,21,24). The van der Waals surface area contributed by atoms with Gasteiger partial charge in [0.05, 0.1) is 11.1 Å². The number of thiophene rings is 1. The van der Waals surface area contributed by atoms with Crippen molar-refractivity contribution < 1.29 is 22.5 Å². The zero-order valence-electron chi connectivity index (χ0n) is 17.5. The minimum absolute atomic E-state index is 0.268. The molecule has 0 atom stereocenters. The molecule has 1 aliphatic rings. The third-order valence-electron chi connectivity index (χ3n) is 4.99. The van der Waals surface area contributed by atoms with Crippen molar-refractivity contribution in [1.82, 2.24) is 15.2 Å². The van der Waals surface area contributed by atoms with Crippen molar-refractivity contribution in [2.24, 2.45) is 11.8 Å². The lowest BCUT2D eigenvalue weighted by atomic mass is 9.82. The Kier molecular flexibility index (Phi) is 7.20. The van der Waals surface area contributed by atoms with E-state index in [4.69, 9.17) is 9.26 Å². The van der Waals surface area contributed by atoms with Crippen LogP contribution in [0, 0.1) is 11.8 Å². The van der Waals surface area contributed by atoms with E-state index in [0.29, 0.717) is 30.7 Å². The second-order valence-electron chi connectivity index (χ2n) is 8.62. The van der Waals surface area contributed by atoms with E-state index in [1.165, 1.54) is 6.20 Å². The van der Waals surface area contributed by atoms with Crippen molar-refractivity contribution in [3.05, 3.63) is 24.4 Å². The van der Waals surface area contributed by atoms with E-state index < -0.39 is 21.7 Å². The van der Waals surface area contributed by atoms with Gasteiger partial charge in [-0.2, -0.15) is 0 Å². The zero-order valence-corrected chi connectivity index (χ0v) is 19.1. The first-order chi connectivity index (χ1) is 14.1. The average molecular weight is 456 g/mol. The van der Waals surface area contributed by atoms with Crippen LogP contribution in [-0.2, 0) is 14.8 Å². The lowest BCUT2D eigenvalue weighted by Crippen LogP contribution is -2.37. The van der Waals surface area contributed by atoms with Crippen molar-refractivity contribution in [2.45, 2.75) is 56.3 Å². The largest absolute Gasteiger partial charge is 0.444 e. The summed E-state index contributed by atoms with van der Waals surface area (Å²) in [4.78, 5) is 12.5. The van der Waals surface area contributed by atoms with Gasteiger partial charge in [-0.25, -0.2) is 17.9 Å². The molecule has 2 heterocycles. The van der Waals surface area contributed by atoms with Crippen LogP contribution in [0.15, 0.2) is 33.1 Å². The molecule has 0 radical (unpaired) electrons. The van der Waals surface area contributed by atoms with E-state index in [-0.39, 0.29) is 4.21 Å². The lowest BCUT2D eigenvalue weighted by Gasteiger charge is -2.29. The van der Waals surface area contributed by atoms with Gasteiger partial charge in [0.2, 0.25) is 10.0 Å². The number of aromatic nitrogens is 1. The van der Waals surface area contributed by atoms with Gasteiger partial charge in [0.25, 0.3) is 0 Å². The highest BCUT2D eigenvalue weighted by Crippen LogP contribution is 2.31. The van der Waals surface area contributed by atoms with Gasteiger partial charge in [-0.3, -0.25) is 0 Å². The monoisotopic (exact) mass is 455 g/mol. The molecule has 1 saturated carbocycles. The molecule has 0 aromatic carbocycles. The molecule has 1 aliphatic carbocycles. The number of carbonyl (C=O) groups is 1. The zero-order chi connectivity index (χ0) is 21.8. The summed E-state index contributed by atoms with van der Waals surface area (Å²) in [5.74, 6) is 1.25. The van der Waals surface area contributed by atoms with Crippen LogP contribution in [0.2, 0.25) is 0 Å². The molecular formula is C20H29N3O5S2. The van der Waals surface area contributed by atoms with Crippen LogP contribution in [0.5, 0.6) is 0 Å². The molecule has 0 aliphatic heterocycles. The van der Waals surface area contributed by atoms with Crippen LogP contribution in [0.25, 0.3) is 10.6 Å². The van der Waals surface area contributed by atoms with Crippen LogP contribution in [0.3, 0.4) is 0 Å². The number of rotatable bonds is 7. The predicted molar refractivity (Wildman–Crippen MR) is 115 cm³/mol. The highest BCUT2D eigenvalue weighted by atomic mass is 32.2. The number of ether oxygens (including phenoxy) is 1. The highest BCUT2D eigenvalue weighted by molar-refractivity contribution is 7.91. The summed E-state index contributed by atoms with van der Waals surface area (Å²) >= 11 is 1.16. The van der Waals surface area contributed by atoms with Crippen molar-refractivity contribution in [3.8, 4) is 10.6 Å². The Bertz CT molecular complexity index is 924. The molecule has 0 saturated heterocycles. The van der Waals surface area contributed by atoms with E-state index in [9.17, 15) is 13.2 Å². The number of sulfonamides is 1. The third-order valence-corrected chi connectivity index (χ3v) is 8.00. The topological polar surface area (TPSA) is 111 Å². The van der Waals surface area contributed by atoms with Gasteiger partial charge in [0.1, 0.15) is 9.81 Å². The molecule has 8 nitrogen and oxygen atoms in total. The summed E-state index contributed by atoms with van der Waals surface area (Å²) in [7, 11) is -3.55. The second kappa shape index (κ2) is 9.49. The summed E-state index contributed by atoms with van der Waals surface area (Å²) in [5.41, 5.74) is -0.503. The molecule has 166 valence electrons. The highest BCUT2D eigenvalue weighted by Gasteiger charge is 2.25. The lowest BCUT2D eigenvalue weighted by molar-refractivity contribution is 0.0513. The third kappa shape index (κ3) is 6.55. The molecule has 3 rings (SSSR count). The van der Waals surface area contributed by atoms with E-state index >= 15 is 0 Å². The fourth-order valence-corrected chi connectivity index (χ4v) is 5.84. The Morgan fingerprint density at radius 3 is 2.43 bits per heavy atom. The number of nitrogens with one attached hydrogen (secondary N) is 2. The molecule has 30 heavy (non-hydrogen) atoms. The maximum absolute atomic E-state index is 12.6. The van der Waals surface area contributed by atoms with Gasteiger partial charge in [0, 0.05) is 19.2 Å². The Morgan fingerprint density at radius 1 is 1.17 bits per heavy atom. The van der Waals surface area contributed by atoms with Gasteiger partial charge in [-0.05, 0) is 70.4 Å². The van der Waals surface area contributed by atoms with E-state index in [1.54, 1.807) is 18.2 Å². The Hall–Kier alpha value is -1.91. The van der Waals surface area contributed by atoms with Gasteiger partial charge in [-0.15, -0.1) is 11.3 Å². The van der Waals surface area contributed by atoms with Crippen LogP contribution in [0.1, 0.15) is 46.5 Å². The maximum atomic E-state index is 12.6. The Labute approximate surface area is 181 Å². The van der Waals surface area contributed by atoms with E-state index in [0.717, 1.165) is 41.9 Å². The minimum atomic E-state index is -3.55. The first kappa shape index (κ1) is 22.8. The number of alkyl carbamates (subject to hydrolysis) is 1. The smallest absolute Gasteiger partial charge is 0.407 e. The molecule has 1 amide bonds. The average Bonchev–Trinajstić information content (AvgIpc) is 3.35. The summed E-state index contributed by atoms with van der Waals surface area (Å²) in [6.07, 6.45) is 4.90. The molecule has 0 bridgehead atoms. The fourth-order valence-electron chi connectivity index (χ4n) is 3.42. The SMILES string of the molecule is CC(C)(C)OC(=O)NCC1CCC(CNS(=O)(=O)c2ccc(-c3ccno3)s2)CC1. The van der Waals surface area contributed by atoms with Crippen LogP contribution in [0.4, 0.5) is 4.79 Å². The molecule has 0 unspecified atom stereocenters. The summed E-state index contributed by atoms with van der Waals surface area (Å²) < 4.78 is 38.6. The fraction of sp³-hybridized carbons (Fsp3) is 0.600. The normalized spacial score (nSPS) is 20.1. The predicted octanol–water partition coefficient (Wildman–Crippen LogP) is 4.01. The molecule has 1 fully saturated rings. The number of hydrogen-bond donors (Lipinski definition) is 2. The minimum Gasteiger partial charge on any atom is -0.444 e. The molecule has 0 spiro atoms. The number of hydrogen-bond acceptors (Lipinski definition) is 7. The molecule has 2 N–H and O–H groups in total. The number of amides is 1. The van der Waals surface area contributed by atoms with Crippen LogP contribution >= 0.6 is 11.3 Å². The molecule has 10 heteroatoms. The Morgan fingerprint density at radius 2 is 1.83 bits per heavy atom. The summed E-state index contributed by atoms with van der Waals surface area (Å²) in [6.45, 7) is 6.52. The molecule has 2 aromatic heterocycles. The van der Waals surface area contributed by atoms with Crippen molar-refractivity contribution in [1.29, 1.82) is 0 Å². The van der Waals surface area contributed by atoms with Gasteiger partial charge in [0.15, 0.2) is 5.76 Å². The molecule has 2 aromatic rings. The van der Waals surface area contributed by atoms with Crippen molar-refractivity contribution in [3.63, 3.8) is 0 Å². The van der Waals surface area contributed by atoms with Crippen molar-refractivity contribution >= 4 is 27.5 Å². The van der Waals surface area contributed by atoms with Gasteiger partial charge < -0.3 is 14.6 Å². The maximum Gasteiger partial charge on any atom is 0.407 e. The van der Waals surface area contributed by atoms with Gasteiger partial charge >= 0.3 is 6.09 Å². The quantitative estimate of drug-likeness (QED) is 0.653. The van der Waals surface area contributed by atoms with Crippen molar-refractivity contribution in [2.75, 3.05) is 13.1 Å². The number of carbonyl (C=O) groups excluding carboxylic acids is 1. The summed E-state index contributed by atoms with van der Waals surface area (Å²) in [6, 6.07) is 5.01. The van der Waals surface area contributed by atoms with Gasteiger partial charge in [-0.1, -0.05) is 5.16 Å². The first-order valence-electron chi connectivity index (χ1n) is 10.1. The summed E-state index contributed by atoms with van der Waals surface area (Å²) in [5, 5.41) is 6.48. The number of nitrogens with zero attached hydrogens (tertiary/aromatic N) is 1. The van der Waals surface area contributed by atoms with E-state index in [2.05, 4.69) is 15.2 Å².